The maximum atomic E-state index is 12.1. The van der Waals surface area contributed by atoms with Crippen LogP contribution in [-0.4, -0.2) is 49.1 Å². The van der Waals surface area contributed by atoms with Crippen LogP contribution in [0.3, 0.4) is 0 Å². The molecule has 1 aliphatic heterocycles. The SMILES string of the molecule is C[C@H](C#N)CN(C)C(=O)NC[C@H](c1ccco1)N1CCCC1. The second-order valence-electron chi connectivity index (χ2n) is 5.87. The minimum atomic E-state index is -0.171. The Bertz CT molecular complexity index is 503. The van der Waals surface area contributed by atoms with Crippen LogP contribution in [0.2, 0.25) is 0 Å². The third-order valence-corrected chi connectivity index (χ3v) is 4.01. The lowest BCUT2D eigenvalue weighted by atomic mass is 10.2. The van der Waals surface area contributed by atoms with Gasteiger partial charge in [0, 0.05) is 20.1 Å². The van der Waals surface area contributed by atoms with E-state index in [1.165, 1.54) is 12.8 Å². The van der Waals surface area contributed by atoms with Gasteiger partial charge in [0.05, 0.1) is 24.3 Å². The molecule has 1 N–H and O–H groups in total. The molecule has 120 valence electrons. The van der Waals surface area contributed by atoms with Crippen molar-refractivity contribution in [2.75, 3.05) is 33.2 Å². The van der Waals surface area contributed by atoms with Gasteiger partial charge >= 0.3 is 6.03 Å². The first-order valence-corrected chi connectivity index (χ1v) is 7.78. The van der Waals surface area contributed by atoms with Gasteiger partial charge in [-0.1, -0.05) is 0 Å². The first-order chi connectivity index (χ1) is 10.6. The molecule has 22 heavy (non-hydrogen) atoms. The summed E-state index contributed by atoms with van der Waals surface area (Å²) in [5.74, 6) is 0.713. The van der Waals surface area contributed by atoms with Crippen LogP contribution in [0.1, 0.15) is 31.6 Å². The van der Waals surface area contributed by atoms with Crippen molar-refractivity contribution in [3.05, 3.63) is 24.2 Å². The van der Waals surface area contributed by atoms with E-state index >= 15 is 0 Å². The first kappa shape index (κ1) is 16.4. The Morgan fingerprint density at radius 2 is 2.27 bits per heavy atom. The molecule has 1 aromatic rings. The van der Waals surface area contributed by atoms with Crippen molar-refractivity contribution in [3.63, 3.8) is 0 Å². The van der Waals surface area contributed by atoms with Crippen molar-refractivity contribution in [2.45, 2.75) is 25.8 Å². The fourth-order valence-corrected chi connectivity index (χ4v) is 2.80. The summed E-state index contributed by atoms with van der Waals surface area (Å²) in [7, 11) is 1.71. The molecule has 1 fully saturated rings. The second kappa shape index (κ2) is 7.85. The second-order valence-corrected chi connectivity index (χ2v) is 5.87. The number of hydrogen-bond acceptors (Lipinski definition) is 4. The van der Waals surface area contributed by atoms with E-state index in [0.717, 1.165) is 18.8 Å². The number of nitriles is 1. The number of carbonyl (C=O) groups excluding carboxylic acids is 1. The van der Waals surface area contributed by atoms with Gasteiger partial charge in [-0.15, -0.1) is 0 Å². The number of carbonyl (C=O) groups is 1. The number of nitrogens with zero attached hydrogens (tertiary/aromatic N) is 3. The quantitative estimate of drug-likeness (QED) is 0.874. The fourth-order valence-electron chi connectivity index (χ4n) is 2.80. The number of furan rings is 1. The molecule has 0 bridgehead atoms. The van der Waals surface area contributed by atoms with E-state index in [4.69, 9.17) is 9.68 Å². The minimum Gasteiger partial charge on any atom is -0.468 e. The Labute approximate surface area is 131 Å². The molecule has 2 amide bonds. The molecule has 6 heteroatoms. The average molecular weight is 304 g/mol. The van der Waals surface area contributed by atoms with Crippen LogP contribution in [0.15, 0.2) is 22.8 Å². The van der Waals surface area contributed by atoms with Gasteiger partial charge in [0.25, 0.3) is 0 Å². The molecule has 2 atom stereocenters. The number of likely N-dealkylation sites (tertiary alicyclic amines) is 1. The maximum absolute atomic E-state index is 12.1. The standard InChI is InChI=1S/C16H24N4O2/c1-13(10-17)12-19(2)16(21)18-11-14(15-6-5-9-22-15)20-7-3-4-8-20/h5-6,9,13-14H,3-4,7-8,11-12H2,1-2H3,(H,18,21)/t13-,14-/m1/s1. The fraction of sp³-hybridized carbons (Fsp3) is 0.625. The molecule has 0 saturated carbocycles. The number of urea groups is 1. The molecule has 0 radical (unpaired) electrons. The highest BCUT2D eigenvalue weighted by atomic mass is 16.3. The highest BCUT2D eigenvalue weighted by Gasteiger charge is 2.26. The van der Waals surface area contributed by atoms with Gasteiger partial charge in [-0.05, 0) is 45.0 Å². The number of nitrogens with one attached hydrogen (secondary N) is 1. The van der Waals surface area contributed by atoms with Crippen LogP contribution < -0.4 is 5.32 Å². The van der Waals surface area contributed by atoms with Crippen LogP contribution in [0, 0.1) is 17.2 Å². The highest BCUT2D eigenvalue weighted by molar-refractivity contribution is 5.73. The molecule has 1 aliphatic rings. The van der Waals surface area contributed by atoms with Crippen molar-refractivity contribution < 1.29 is 9.21 Å². The highest BCUT2D eigenvalue weighted by Crippen LogP contribution is 2.24. The molecule has 1 saturated heterocycles. The summed E-state index contributed by atoms with van der Waals surface area (Å²) in [4.78, 5) is 16.0. The number of rotatable bonds is 6. The largest absolute Gasteiger partial charge is 0.468 e. The van der Waals surface area contributed by atoms with Gasteiger partial charge in [-0.2, -0.15) is 5.26 Å². The summed E-state index contributed by atoms with van der Waals surface area (Å²) < 4.78 is 5.53. The predicted octanol–water partition coefficient (Wildman–Crippen LogP) is 2.22. The zero-order valence-corrected chi connectivity index (χ0v) is 13.3. The summed E-state index contributed by atoms with van der Waals surface area (Å²) in [5, 5.41) is 11.8. The summed E-state index contributed by atoms with van der Waals surface area (Å²) in [6.45, 7) is 4.81. The molecule has 0 aromatic carbocycles. The van der Waals surface area contributed by atoms with Gasteiger partial charge in [0.15, 0.2) is 0 Å². The third kappa shape index (κ3) is 4.25. The third-order valence-electron chi connectivity index (χ3n) is 4.01. The lowest BCUT2D eigenvalue weighted by molar-refractivity contribution is 0.186. The normalized spacial score (nSPS) is 17.7. The van der Waals surface area contributed by atoms with Crippen LogP contribution >= 0.6 is 0 Å². The predicted molar refractivity (Wildman–Crippen MR) is 83.1 cm³/mol. The molecule has 6 nitrogen and oxygen atoms in total. The molecular formula is C16H24N4O2. The zero-order chi connectivity index (χ0) is 15.9. The first-order valence-electron chi connectivity index (χ1n) is 7.78. The molecule has 0 spiro atoms. The summed E-state index contributed by atoms with van der Waals surface area (Å²) >= 11 is 0. The topological polar surface area (TPSA) is 72.5 Å². The Balaban J connectivity index is 1.91. The summed E-state index contributed by atoms with van der Waals surface area (Å²) in [5.41, 5.74) is 0. The van der Waals surface area contributed by atoms with Crippen molar-refractivity contribution in [3.8, 4) is 6.07 Å². The number of hydrogen-bond donors (Lipinski definition) is 1. The van der Waals surface area contributed by atoms with E-state index in [0.29, 0.717) is 13.1 Å². The van der Waals surface area contributed by atoms with E-state index in [2.05, 4.69) is 16.3 Å². The molecule has 1 aromatic heterocycles. The summed E-state index contributed by atoms with van der Waals surface area (Å²) in [6, 6.07) is 5.89. The summed E-state index contributed by atoms with van der Waals surface area (Å²) in [6.07, 6.45) is 4.04. The van der Waals surface area contributed by atoms with Gasteiger partial charge in [0.2, 0.25) is 0 Å². The molecule has 0 unspecified atom stereocenters. The average Bonchev–Trinajstić information content (AvgIpc) is 3.20. The van der Waals surface area contributed by atoms with Crippen molar-refractivity contribution in [1.82, 2.24) is 15.1 Å². The zero-order valence-electron chi connectivity index (χ0n) is 13.3. The monoisotopic (exact) mass is 304 g/mol. The van der Waals surface area contributed by atoms with Gasteiger partial charge in [-0.25, -0.2) is 4.79 Å². The van der Waals surface area contributed by atoms with Crippen LogP contribution in [0.5, 0.6) is 0 Å². The Hall–Kier alpha value is -2.00. The maximum Gasteiger partial charge on any atom is 0.317 e. The van der Waals surface area contributed by atoms with E-state index in [-0.39, 0.29) is 18.0 Å². The molecule has 2 rings (SSSR count). The van der Waals surface area contributed by atoms with Crippen molar-refractivity contribution in [2.24, 2.45) is 5.92 Å². The van der Waals surface area contributed by atoms with Crippen molar-refractivity contribution in [1.29, 1.82) is 5.26 Å². The molecule has 2 heterocycles. The molecule has 0 aliphatic carbocycles. The minimum absolute atomic E-state index is 0.0724. The van der Waals surface area contributed by atoms with Crippen LogP contribution in [-0.2, 0) is 0 Å². The van der Waals surface area contributed by atoms with Gasteiger partial charge < -0.3 is 14.6 Å². The van der Waals surface area contributed by atoms with E-state index in [1.807, 2.05) is 12.1 Å². The van der Waals surface area contributed by atoms with Gasteiger partial charge in [-0.3, -0.25) is 4.90 Å². The molecular weight excluding hydrogens is 280 g/mol. The Morgan fingerprint density at radius 1 is 1.55 bits per heavy atom. The smallest absolute Gasteiger partial charge is 0.317 e. The van der Waals surface area contributed by atoms with Gasteiger partial charge in [0.1, 0.15) is 5.76 Å². The Kier molecular flexibility index (Phi) is 5.84. The van der Waals surface area contributed by atoms with E-state index in [9.17, 15) is 4.79 Å². The lowest BCUT2D eigenvalue weighted by Crippen LogP contribution is -2.43. The van der Waals surface area contributed by atoms with E-state index < -0.39 is 0 Å². The lowest BCUT2D eigenvalue weighted by Gasteiger charge is -2.27. The van der Waals surface area contributed by atoms with Crippen molar-refractivity contribution >= 4 is 6.03 Å². The Morgan fingerprint density at radius 3 is 2.86 bits per heavy atom. The van der Waals surface area contributed by atoms with Crippen LogP contribution in [0.4, 0.5) is 4.79 Å². The van der Waals surface area contributed by atoms with E-state index in [1.54, 1.807) is 25.1 Å². The number of amides is 2. The van der Waals surface area contributed by atoms with Crippen LogP contribution in [0.25, 0.3) is 0 Å².